The Morgan fingerprint density at radius 1 is 0.394 bits per heavy atom. The lowest BCUT2D eigenvalue weighted by Gasteiger charge is -2.16. The van der Waals surface area contributed by atoms with Crippen LogP contribution in [0.3, 0.4) is 0 Å². The molecule has 0 fully saturated rings. The van der Waals surface area contributed by atoms with Crippen molar-refractivity contribution in [2.45, 2.75) is 41.5 Å². The molecule has 8 bridgehead atoms. The zero-order valence-corrected chi connectivity index (χ0v) is 37.5. The number of aryl methyl sites for hydroxylation is 6. The molecule has 0 radical (unpaired) electrons. The number of allylic oxidation sites excluding steroid dienone is 2. The predicted molar refractivity (Wildman–Crippen MR) is 268 cm³/mol. The molecule has 0 spiro atoms. The van der Waals surface area contributed by atoms with Crippen LogP contribution in [0.15, 0.2) is 168 Å². The molecular weight excluding hydrogens is 813 g/mol. The molecule has 11 rings (SSSR count). The van der Waals surface area contributed by atoms with Gasteiger partial charge in [-0.25, -0.2) is 9.98 Å². The lowest BCUT2D eigenvalue weighted by molar-refractivity contribution is 1.24. The standard InChI is InChI=1S/C56H46N10/c1-31-23-33(3)49(34(4)24-31)51-45-27-37(41-15-7-11-19-57-41)53(61-45)65-55-39(43-17-9-13-21-59-43)29-47(63-55)52(50-35(5)25-32(2)26-36(50)6)48-30-40(44-18-10-14-22-60-44)56(64-48)66-54-38(28-46(51)62-54)42-16-8-12-20-58-42/h7-30H,1-6H3,(H2,61,63,65)(H2,62,64,66). The molecule has 9 heterocycles. The summed E-state index contributed by atoms with van der Waals surface area (Å²) in [5.41, 5.74) is 20.8. The molecule has 0 amide bonds. The first-order valence-corrected chi connectivity index (χ1v) is 22.1. The van der Waals surface area contributed by atoms with Crippen LogP contribution in [-0.2, 0) is 0 Å². The van der Waals surface area contributed by atoms with Crippen LogP contribution in [0.1, 0.15) is 67.3 Å². The van der Waals surface area contributed by atoms with Gasteiger partial charge < -0.3 is 20.6 Å². The Balaban J connectivity index is 1.27. The van der Waals surface area contributed by atoms with Gasteiger partial charge in [-0.15, -0.1) is 0 Å². The molecule has 4 N–H and O–H groups in total. The molecule has 0 atom stereocenters. The van der Waals surface area contributed by atoms with Gasteiger partial charge in [0, 0.05) is 58.2 Å². The lowest BCUT2D eigenvalue weighted by Crippen LogP contribution is -2.14. The van der Waals surface area contributed by atoms with Gasteiger partial charge in [-0.3, -0.25) is 19.9 Å². The van der Waals surface area contributed by atoms with E-state index in [2.05, 4.69) is 111 Å². The van der Waals surface area contributed by atoms with Gasteiger partial charge in [-0.1, -0.05) is 59.7 Å². The predicted octanol–water partition coefficient (Wildman–Crippen LogP) is 12.2. The number of fused-ring (bicyclic) bond motifs is 6. The Hall–Kier alpha value is -8.50. The Kier molecular flexibility index (Phi) is 9.92. The number of nitrogens with one attached hydrogen (secondary N) is 4. The minimum atomic E-state index is 0.645. The second-order valence-electron chi connectivity index (χ2n) is 17.2. The Labute approximate surface area is 383 Å². The maximum atomic E-state index is 5.55. The van der Waals surface area contributed by atoms with E-state index in [1.807, 2.05) is 97.6 Å². The fourth-order valence-corrected chi connectivity index (χ4v) is 9.73. The number of amidine groups is 2. The highest BCUT2D eigenvalue weighted by atomic mass is 15.1. The van der Waals surface area contributed by atoms with E-state index in [9.17, 15) is 0 Å². The normalized spacial score (nSPS) is 14.4. The summed E-state index contributed by atoms with van der Waals surface area (Å²) in [6, 6.07) is 37.2. The summed E-state index contributed by atoms with van der Waals surface area (Å²) in [4.78, 5) is 38.4. The van der Waals surface area contributed by atoms with Gasteiger partial charge in [-0.2, -0.15) is 0 Å². The Morgan fingerprint density at radius 2 is 0.742 bits per heavy atom. The first-order chi connectivity index (χ1) is 32.2. The summed E-state index contributed by atoms with van der Waals surface area (Å²) < 4.78 is 0. The molecule has 2 aromatic carbocycles. The molecule has 10 nitrogen and oxygen atoms in total. The number of benzene rings is 2. The molecule has 0 aliphatic carbocycles. The number of aromatic nitrogens is 6. The first kappa shape index (κ1) is 40.3. The van der Waals surface area contributed by atoms with Gasteiger partial charge in [0.15, 0.2) is 0 Å². The number of rotatable bonds is 6. The van der Waals surface area contributed by atoms with Crippen molar-refractivity contribution < 1.29 is 0 Å². The van der Waals surface area contributed by atoms with E-state index in [4.69, 9.17) is 29.9 Å². The maximum absolute atomic E-state index is 5.55. The third-order valence-corrected chi connectivity index (χ3v) is 12.3. The summed E-state index contributed by atoms with van der Waals surface area (Å²) in [6.07, 6.45) is 11.6. The van der Waals surface area contributed by atoms with Gasteiger partial charge in [0.2, 0.25) is 0 Å². The molecule has 0 saturated heterocycles. The molecule has 8 aromatic rings. The molecule has 6 aromatic heterocycles. The maximum Gasteiger partial charge on any atom is 0.141 e. The van der Waals surface area contributed by atoms with E-state index < -0.39 is 0 Å². The SMILES string of the molecule is Cc1cc(C)c(C2=C3C=C(c4ccccn4)C(=N3)Nc3[nH]c(cc3-c3ccccn3)C(c3c(C)cc(C)cc3C)=C3C=C(c4ccccn4)C(=N3)Nc3[nH]c2cc3-c2ccccn2)c(C)c1. The van der Waals surface area contributed by atoms with E-state index in [1.165, 1.54) is 11.1 Å². The highest BCUT2D eigenvalue weighted by Gasteiger charge is 2.31. The van der Waals surface area contributed by atoms with Crippen LogP contribution in [-0.4, -0.2) is 41.6 Å². The zero-order valence-electron chi connectivity index (χ0n) is 37.5. The number of aliphatic imine (C=N–C) groups is 2. The summed E-state index contributed by atoms with van der Waals surface area (Å²) in [5.74, 6) is 2.76. The first-order valence-electron chi connectivity index (χ1n) is 22.1. The third-order valence-electron chi connectivity index (χ3n) is 12.3. The number of hydrogen-bond acceptors (Lipinski definition) is 8. The minimum Gasteiger partial charge on any atom is -0.341 e. The molecule has 3 aliphatic heterocycles. The van der Waals surface area contributed by atoms with E-state index >= 15 is 0 Å². The topological polar surface area (TPSA) is 132 Å². The van der Waals surface area contributed by atoms with Gasteiger partial charge in [0.1, 0.15) is 23.3 Å². The number of hydrogen-bond donors (Lipinski definition) is 4. The monoisotopic (exact) mass is 858 g/mol. The second-order valence-corrected chi connectivity index (χ2v) is 17.2. The van der Waals surface area contributed by atoms with E-state index in [1.54, 1.807) is 0 Å². The van der Waals surface area contributed by atoms with Crippen molar-refractivity contribution in [3.05, 3.63) is 225 Å². The molecule has 320 valence electrons. The fraction of sp³-hybridized carbons (Fsp3) is 0.107. The molecule has 0 unspecified atom stereocenters. The third kappa shape index (κ3) is 7.18. The van der Waals surface area contributed by atoms with E-state index in [-0.39, 0.29) is 0 Å². The number of aromatic amines is 2. The summed E-state index contributed by atoms with van der Waals surface area (Å²) in [7, 11) is 0. The van der Waals surface area contributed by atoms with Crippen LogP contribution in [0.5, 0.6) is 0 Å². The molecule has 0 saturated carbocycles. The van der Waals surface area contributed by atoms with Crippen LogP contribution >= 0.6 is 0 Å². The van der Waals surface area contributed by atoms with Crippen molar-refractivity contribution in [1.82, 2.24) is 29.9 Å². The molecule has 66 heavy (non-hydrogen) atoms. The highest BCUT2D eigenvalue weighted by molar-refractivity contribution is 6.32. The van der Waals surface area contributed by atoms with Crippen molar-refractivity contribution in [2.75, 3.05) is 10.6 Å². The minimum absolute atomic E-state index is 0.645. The quantitative estimate of drug-likeness (QED) is 0.132. The largest absolute Gasteiger partial charge is 0.341 e. The number of anilines is 2. The molecule has 10 heteroatoms. The van der Waals surface area contributed by atoms with Crippen LogP contribution in [0.25, 0.3) is 44.8 Å². The zero-order chi connectivity index (χ0) is 45.1. The van der Waals surface area contributed by atoms with Crippen LogP contribution < -0.4 is 10.6 Å². The van der Waals surface area contributed by atoms with Gasteiger partial charge >= 0.3 is 0 Å². The van der Waals surface area contributed by atoms with Crippen LogP contribution in [0, 0.1) is 41.5 Å². The Bertz CT molecular complexity index is 3160. The summed E-state index contributed by atoms with van der Waals surface area (Å²) >= 11 is 0. The Morgan fingerprint density at radius 3 is 1.08 bits per heavy atom. The number of pyridine rings is 4. The number of H-pyrrole nitrogens is 2. The van der Waals surface area contributed by atoms with Gasteiger partial charge in [0.25, 0.3) is 0 Å². The summed E-state index contributed by atoms with van der Waals surface area (Å²) in [5, 5.41) is 7.64. The van der Waals surface area contributed by atoms with Crippen molar-refractivity contribution >= 4 is 45.6 Å². The average Bonchev–Trinajstić information content (AvgIpc) is 4.13. The van der Waals surface area contributed by atoms with Gasteiger partial charge in [0.05, 0.1) is 45.6 Å². The van der Waals surface area contributed by atoms with Crippen LogP contribution in [0.4, 0.5) is 11.6 Å². The van der Waals surface area contributed by atoms with Crippen molar-refractivity contribution in [3.63, 3.8) is 0 Å². The highest BCUT2D eigenvalue weighted by Crippen LogP contribution is 2.44. The fourth-order valence-electron chi connectivity index (χ4n) is 9.73. The molecule has 3 aliphatic rings. The van der Waals surface area contributed by atoms with Gasteiger partial charge in [-0.05, 0) is 148 Å². The van der Waals surface area contributed by atoms with Crippen molar-refractivity contribution in [3.8, 4) is 22.5 Å². The second kappa shape index (κ2) is 16.2. The van der Waals surface area contributed by atoms with Crippen LogP contribution in [0.2, 0.25) is 0 Å². The van der Waals surface area contributed by atoms with Crippen molar-refractivity contribution in [2.24, 2.45) is 9.98 Å². The van der Waals surface area contributed by atoms with E-state index in [0.717, 1.165) is 124 Å². The average molecular weight is 859 g/mol. The number of nitrogens with zero attached hydrogens (tertiary/aromatic N) is 6. The molecular formula is C56H46N10. The van der Waals surface area contributed by atoms with E-state index in [0.29, 0.717) is 11.7 Å². The lowest BCUT2D eigenvalue weighted by atomic mass is 9.90. The smallest absolute Gasteiger partial charge is 0.141 e. The van der Waals surface area contributed by atoms with Crippen molar-refractivity contribution in [1.29, 1.82) is 0 Å². The summed E-state index contributed by atoms with van der Waals surface area (Å²) in [6.45, 7) is 13.0.